The smallest absolute Gasteiger partial charge is 0.416 e. The minimum atomic E-state index is -4.69. The van der Waals surface area contributed by atoms with Crippen molar-refractivity contribution in [3.05, 3.63) is 70.3 Å². The largest absolute Gasteiger partial charge is 0.478 e. The van der Waals surface area contributed by atoms with Crippen LogP contribution < -0.4 is 5.32 Å². The number of alkyl halides is 3. The maximum atomic E-state index is 13.8. The van der Waals surface area contributed by atoms with Crippen LogP contribution in [0.25, 0.3) is 0 Å². The van der Waals surface area contributed by atoms with Gasteiger partial charge in [0.1, 0.15) is 17.2 Å². The topological polar surface area (TPSA) is 78.9 Å². The molecule has 1 aliphatic carbocycles. The first-order valence-electron chi connectivity index (χ1n) is 13.5. The zero-order valence-electron chi connectivity index (χ0n) is 21.8. The average Bonchev–Trinajstić information content (AvgIpc) is 3.77. The fraction of sp³-hybridized carbons (Fsp3) is 0.517. The van der Waals surface area contributed by atoms with E-state index in [2.05, 4.69) is 10.2 Å². The Balaban J connectivity index is 1.17. The first kappa shape index (κ1) is 28.5. The number of halogens is 5. The van der Waals surface area contributed by atoms with Gasteiger partial charge < -0.3 is 15.2 Å². The Hall–Kier alpha value is -3.05. The highest BCUT2D eigenvalue weighted by molar-refractivity contribution is 5.88. The van der Waals surface area contributed by atoms with E-state index in [9.17, 15) is 36.6 Å². The number of piperidine rings is 1. The Morgan fingerprint density at radius 2 is 1.75 bits per heavy atom. The molecule has 2 aliphatic heterocycles. The molecule has 2 aromatic rings. The number of rotatable bonds is 7. The van der Waals surface area contributed by atoms with Crippen molar-refractivity contribution in [3.8, 4) is 0 Å². The van der Waals surface area contributed by atoms with Crippen LogP contribution in [-0.4, -0.2) is 53.2 Å². The van der Waals surface area contributed by atoms with Crippen molar-refractivity contribution >= 4 is 11.9 Å². The SMILES string of the molecule is O=C(O)c1cc(C2CCN(C3CC[C@@](C(=O)NCc4cc(F)cc(C(F)(F)F)c4)(C4CC4)OC3)CC2)ccc1F. The van der Waals surface area contributed by atoms with Gasteiger partial charge in [0.25, 0.3) is 5.91 Å². The van der Waals surface area contributed by atoms with Gasteiger partial charge in [0.05, 0.1) is 17.7 Å². The van der Waals surface area contributed by atoms with Crippen LogP contribution in [0.4, 0.5) is 22.0 Å². The molecule has 2 heterocycles. The van der Waals surface area contributed by atoms with Crippen molar-refractivity contribution in [1.29, 1.82) is 0 Å². The Morgan fingerprint density at radius 1 is 1.02 bits per heavy atom. The molecule has 2 aromatic carbocycles. The maximum Gasteiger partial charge on any atom is 0.416 e. The monoisotopic (exact) mass is 566 g/mol. The summed E-state index contributed by atoms with van der Waals surface area (Å²) in [6.45, 7) is 1.61. The lowest BCUT2D eigenvalue weighted by molar-refractivity contribution is -0.165. The molecule has 5 rings (SSSR count). The number of amides is 1. The zero-order valence-corrected chi connectivity index (χ0v) is 21.8. The number of hydrogen-bond donors (Lipinski definition) is 2. The molecule has 2 saturated heterocycles. The molecule has 1 saturated carbocycles. The van der Waals surface area contributed by atoms with Crippen LogP contribution in [0.1, 0.15) is 71.5 Å². The van der Waals surface area contributed by atoms with E-state index in [0.29, 0.717) is 25.5 Å². The number of nitrogens with zero attached hydrogens (tertiary/aromatic N) is 1. The van der Waals surface area contributed by atoms with Crippen molar-refractivity contribution in [2.24, 2.45) is 5.92 Å². The van der Waals surface area contributed by atoms with Crippen molar-refractivity contribution in [2.75, 3.05) is 19.7 Å². The zero-order chi connectivity index (χ0) is 28.7. The van der Waals surface area contributed by atoms with Gasteiger partial charge in [-0.25, -0.2) is 13.6 Å². The van der Waals surface area contributed by atoms with E-state index in [-0.39, 0.29) is 41.5 Å². The predicted molar refractivity (Wildman–Crippen MR) is 135 cm³/mol. The first-order chi connectivity index (χ1) is 19.0. The number of aromatic carboxylic acids is 1. The van der Waals surface area contributed by atoms with Crippen molar-refractivity contribution in [1.82, 2.24) is 10.2 Å². The number of carbonyl (C=O) groups is 2. The van der Waals surface area contributed by atoms with Crippen LogP contribution in [0, 0.1) is 17.6 Å². The normalized spacial score (nSPS) is 24.6. The van der Waals surface area contributed by atoms with E-state index in [4.69, 9.17) is 4.74 Å². The van der Waals surface area contributed by atoms with Gasteiger partial charge in [0.15, 0.2) is 0 Å². The van der Waals surface area contributed by atoms with E-state index in [1.807, 2.05) is 0 Å². The van der Waals surface area contributed by atoms with Gasteiger partial charge in [0, 0.05) is 12.6 Å². The van der Waals surface area contributed by atoms with E-state index < -0.39 is 34.9 Å². The Kier molecular flexibility index (Phi) is 7.89. The second-order valence-corrected chi connectivity index (χ2v) is 11.1. The molecule has 0 bridgehead atoms. The number of carbonyl (C=O) groups excluding carboxylic acids is 1. The Morgan fingerprint density at radius 3 is 2.35 bits per heavy atom. The summed E-state index contributed by atoms with van der Waals surface area (Å²) in [5.74, 6) is -3.27. The van der Waals surface area contributed by atoms with E-state index in [1.54, 1.807) is 6.07 Å². The number of ether oxygens (including phenoxy) is 1. The molecule has 6 nitrogen and oxygen atoms in total. The highest BCUT2D eigenvalue weighted by Crippen LogP contribution is 2.47. The molecule has 0 aromatic heterocycles. The molecular weight excluding hydrogens is 535 g/mol. The summed E-state index contributed by atoms with van der Waals surface area (Å²) in [6, 6.07) is 6.60. The van der Waals surface area contributed by atoms with Gasteiger partial charge in [-0.05, 0) is 105 Å². The molecule has 2 N–H and O–H groups in total. The number of benzene rings is 2. The van der Waals surface area contributed by atoms with Crippen LogP contribution in [0.2, 0.25) is 0 Å². The first-order valence-corrected chi connectivity index (χ1v) is 13.5. The van der Waals surface area contributed by atoms with Crippen LogP contribution in [0.3, 0.4) is 0 Å². The van der Waals surface area contributed by atoms with Gasteiger partial charge in [0.2, 0.25) is 0 Å². The minimum Gasteiger partial charge on any atom is -0.478 e. The average molecular weight is 567 g/mol. The lowest BCUT2D eigenvalue weighted by Gasteiger charge is -2.45. The number of nitrogens with one attached hydrogen (secondary N) is 1. The Labute approximate surface area is 228 Å². The lowest BCUT2D eigenvalue weighted by atomic mass is 9.84. The van der Waals surface area contributed by atoms with E-state index in [1.165, 1.54) is 12.1 Å². The highest BCUT2D eigenvalue weighted by Gasteiger charge is 2.54. The molecule has 3 fully saturated rings. The van der Waals surface area contributed by atoms with Crippen molar-refractivity contribution in [2.45, 2.75) is 68.8 Å². The summed E-state index contributed by atoms with van der Waals surface area (Å²) in [6.07, 6.45) is -0.273. The van der Waals surface area contributed by atoms with Crippen LogP contribution in [0.5, 0.6) is 0 Å². The van der Waals surface area contributed by atoms with Crippen molar-refractivity contribution in [3.63, 3.8) is 0 Å². The van der Waals surface area contributed by atoms with Gasteiger partial charge in [-0.15, -0.1) is 0 Å². The standard InChI is InChI=1S/C29H31F5N2O4/c30-22-12-17(11-21(14-22)29(32,33)34)15-35-27(39)28(20-2-3-20)8-5-23(16-40-28)36-9-6-18(7-10-36)19-1-4-25(31)24(13-19)26(37)38/h1,4,11-14,18,20,23H,2-3,5-10,15-16H2,(H,35,39)(H,37,38)/t23?,28-/m0/s1. The third-order valence-electron chi connectivity index (χ3n) is 8.48. The third kappa shape index (κ3) is 6.00. The van der Waals surface area contributed by atoms with Crippen LogP contribution in [0.15, 0.2) is 36.4 Å². The Bertz CT molecular complexity index is 1260. The van der Waals surface area contributed by atoms with Gasteiger partial charge in [-0.1, -0.05) is 6.07 Å². The van der Waals surface area contributed by atoms with Crippen LogP contribution in [-0.2, 0) is 22.3 Å². The second kappa shape index (κ2) is 11.1. The molecule has 1 unspecified atom stereocenters. The number of carboxylic acids is 1. The van der Waals surface area contributed by atoms with Crippen LogP contribution >= 0.6 is 0 Å². The second-order valence-electron chi connectivity index (χ2n) is 11.1. The lowest BCUT2D eigenvalue weighted by Crippen LogP contribution is -2.57. The summed E-state index contributed by atoms with van der Waals surface area (Å²) in [4.78, 5) is 26.9. The number of likely N-dealkylation sites (tertiary alicyclic amines) is 1. The van der Waals surface area contributed by atoms with Gasteiger partial charge in [-0.3, -0.25) is 9.69 Å². The molecule has 2 atom stereocenters. The summed E-state index contributed by atoms with van der Waals surface area (Å²) < 4.78 is 73.0. The highest BCUT2D eigenvalue weighted by atomic mass is 19.4. The summed E-state index contributed by atoms with van der Waals surface area (Å²) in [5, 5.41) is 11.9. The maximum absolute atomic E-state index is 13.8. The van der Waals surface area contributed by atoms with Gasteiger partial charge in [-0.2, -0.15) is 13.2 Å². The summed E-state index contributed by atoms with van der Waals surface area (Å²) >= 11 is 0. The van der Waals surface area contributed by atoms with E-state index >= 15 is 0 Å². The minimum absolute atomic E-state index is 0.0276. The number of carboxylic acid groups (broad SMARTS) is 1. The van der Waals surface area contributed by atoms with E-state index in [0.717, 1.165) is 56.5 Å². The summed E-state index contributed by atoms with van der Waals surface area (Å²) in [7, 11) is 0. The summed E-state index contributed by atoms with van der Waals surface area (Å²) in [5.41, 5.74) is -1.64. The molecule has 0 spiro atoms. The molecular formula is C29H31F5N2O4. The molecule has 0 radical (unpaired) electrons. The fourth-order valence-corrected chi connectivity index (χ4v) is 6.11. The quantitative estimate of drug-likeness (QED) is 0.433. The molecule has 11 heteroatoms. The third-order valence-corrected chi connectivity index (χ3v) is 8.48. The molecule has 1 amide bonds. The number of hydrogen-bond acceptors (Lipinski definition) is 4. The molecule has 216 valence electrons. The molecule has 3 aliphatic rings. The van der Waals surface area contributed by atoms with Gasteiger partial charge >= 0.3 is 12.1 Å². The molecule has 40 heavy (non-hydrogen) atoms. The fourth-order valence-electron chi connectivity index (χ4n) is 6.11. The predicted octanol–water partition coefficient (Wildman–Crippen LogP) is 5.51. The van der Waals surface area contributed by atoms with Crippen molar-refractivity contribution < 1.29 is 41.4 Å².